The van der Waals surface area contributed by atoms with E-state index in [0.29, 0.717) is 33.2 Å². The summed E-state index contributed by atoms with van der Waals surface area (Å²) in [4.78, 5) is 32.5. The number of rotatable bonds is 9. The van der Waals surface area contributed by atoms with Gasteiger partial charge in [0.2, 0.25) is 0 Å². The SMILES string of the molecule is CN=C(C(=O)N(C1CCC(C(C)(C)C)CC1)C(CCC(C)C)c1ccc(C(=O)O)cc1)c1cc(Cl)cc(Cl)c1. The average molecular weight is 574 g/mol. The third-order valence-electron chi connectivity index (χ3n) is 8.01. The number of benzene rings is 2. The van der Waals surface area contributed by atoms with Gasteiger partial charge in [0, 0.05) is 28.7 Å². The first-order valence-corrected chi connectivity index (χ1v) is 14.7. The van der Waals surface area contributed by atoms with Crippen molar-refractivity contribution in [3.05, 3.63) is 69.2 Å². The molecular formula is C32H42Cl2N2O3. The van der Waals surface area contributed by atoms with Gasteiger partial charge in [-0.2, -0.15) is 0 Å². The van der Waals surface area contributed by atoms with Crippen molar-refractivity contribution in [3.8, 4) is 0 Å². The highest BCUT2D eigenvalue weighted by molar-refractivity contribution is 6.46. The molecule has 2 aromatic carbocycles. The Kier molecular flexibility index (Phi) is 10.6. The lowest BCUT2D eigenvalue weighted by molar-refractivity contribution is -0.130. The number of nitrogens with zero attached hydrogens (tertiary/aromatic N) is 2. The summed E-state index contributed by atoms with van der Waals surface area (Å²) < 4.78 is 0. The molecule has 212 valence electrons. The lowest BCUT2D eigenvalue weighted by atomic mass is 9.71. The van der Waals surface area contributed by atoms with Gasteiger partial charge in [0.25, 0.3) is 5.91 Å². The molecule has 1 fully saturated rings. The van der Waals surface area contributed by atoms with E-state index in [2.05, 4.69) is 39.6 Å². The van der Waals surface area contributed by atoms with Gasteiger partial charge in [-0.15, -0.1) is 0 Å². The predicted molar refractivity (Wildman–Crippen MR) is 161 cm³/mol. The summed E-state index contributed by atoms with van der Waals surface area (Å²) in [6.45, 7) is 11.2. The molecule has 7 heteroatoms. The summed E-state index contributed by atoms with van der Waals surface area (Å²) in [5, 5.41) is 10.4. The molecule has 0 saturated heterocycles. The highest BCUT2D eigenvalue weighted by atomic mass is 35.5. The van der Waals surface area contributed by atoms with Gasteiger partial charge >= 0.3 is 5.97 Å². The number of hydrogen-bond donors (Lipinski definition) is 1. The Morgan fingerprint density at radius 1 is 0.949 bits per heavy atom. The van der Waals surface area contributed by atoms with Gasteiger partial charge in [-0.1, -0.05) is 70.0 Å². The van der Waals surface area contributed by atoms with E-state index in [1.807, 2.05) is 17.0 Å². The first-order chi connectivity index (χ1) is 18.3. The molecule has 2 aromatic rings. The van der Waals surface area contributed by atoms with Crippen LogP contribution in [0, 0.1) is 17.3 Å². The number of carboxylic acids is 1. The second-order valence-electron chi connectivity index (χ2n) is 12.2. The molecule has 5 nitrogen and oxygen atoms in total. The van der Waals surface area contributed by atoms with E-state index in [4.69, 9.17) is 23.2 Å². The van der Waals surface area contributed by atoms with Gasteiger partial charge in [-0.25, -0.2) is 4.79 Å². The van der Waals surface area contributed by atoms with Crippen LogP contribution in [-0.2, 0) is 4.79 Å². The second kappa shape index (κ2) is 13.3. The summed E-state index contributed by atoms with van der Waals surface area (Å²) in [6, 6.07) is 11.9. The van der Waals surface area contributed by atoms with Crippen molar-refractivity contribution < 1.29 is 14.7 Å². The predicted octanol–water partition coefficient (Wildman–Crippen LogP) is 8.72. The minimum Gasteiger partial charge on any atom is -0.478 e. The summed E-state index contributed by atoms with van der Waals surface area (Å²) in [5.74, 6) is -0.0656. The monoisotopic (exact) mass is 572 g/mol. The summed E-state index contributed by atoms with van der Waals surface area (Å²) >= 11 is 12.6. The van der Waals surface area contributed by atoms with Crippen molar-refractivity contribution in [3.63, 3.8) is 0 Å². The highest BCUT2D eigenvalue weighted by Gasteiger charge is 2.38. The van der Waals surface area contributed by atoms with E-state index in [1.54, 1.807) is 37.4 Å². The van der Waals surface area contributed by atoms with Crippen molar-refractivity contribution in [2.75, 3.05) is 7.05 Å². The molecule has 0 heterocycles. The molecule has 1 aliphatic rings. The van der Waals surface area contributed by atoms with Gasteiger partial charge in [-0.05, 0) is 91.7 Å². The van der Waals surface area contributed by atoms with Crippen LogP contribution >= 0.6 is 23.2 Å². The van der Waals surface area contributed by atoms with Crippen molar-refractivity contribution in [2.45, 2.75) is 85.2 Å². The van der Waals surface area contributed by atoms with Crippen LogP contribution in [-0.4, -0.2) is 40.7 Å². The molecule has 1 atom stereocenters. The fourth-order valence-corrected chi connectivity index (χ4v) is 6.27. The molecule has 0 radical (unpaired) electrons. The Hall–Kier alpha value is -2.37. The van der Waals surface area contributed by atoms with Crippen molar-refractivity contribution >= 4 is 40.8 Å². The summed E-state index contributed by atoms with van der Waals surface area (Å²) in [6.07, 6.45) is 5.61. The fourth-order valence-electron chi connectivity index (χ4n) is 5.75. The molecule has 39 heavy (non-hydrogen) atoms. The molecule has 1 amide bonds. The maximum atomic E-state index is 14.5. The molecule has 1 saturated carbocycles. The Balaban J connectivity index is 2.09. The van der Waals surface area contributed by atoms with Crippen LogP contribution in [0.2, 0.25) is 10.0 Å². The zero-order valence-electron chi connectivity index (χ0n) is 24.0. The molecule has 3 rings (SSSR count). The van der Waals surface area contributed by atoms with Crippen LogP contribution in [0.3, 0.4) is 0 Å². The van der Waals surface area contributed by atoms with E-state index in [-0.39, 0.29) is 29.0 Å². The number of hydrogen-bond acceptors (Lipinski definition) is 3. The number of aromatic carboxylic acids is 1. The Bertz CT molecular complexity index is 1160. The largest absolute Gasteiger partial charge is 0.478 e. The van der Waals surface area contributed by atoms with E-state index < -0.39 is 5.97 Å². The normalized spacial score (nSPS) is 19.2. The fraction of sp³-hybridized carbons (Fsp3) is 0.531. The maximum Gasteiger partial charge on any atom is 0.335 e. The van der Waals surface area contributed by atoms with Crippen molar-refractivity contribution in [2.24, 2.45) is 22.2 Å². The first-order valence-electron chi connectivity index (χ1n) is 13.9. The number of aliphatic imine (C=N–C) groups is 1. The number of carboxylic acid groups (broad SMARTS) is 1. The zero-order chi connectivity index (χ0) is 28.9. The van der Waals surface area contributed by atoms with Crippen molar-refractivity contribution in [1.29, 1.82) is 0 Å². The van der Waals surface area contributed by atoms with E-state index in [9.17, 15) is 14.7 Å². The average Bonchev–Trinajstić information content (AvgIpc) is 2.86. The van der Waals surface area contributed by atoms with Crippen LogP contribution in [0.1, 0.15) is 101 Å². The van der Waals surface area contributed by atoms with Gasteiger partial charge in [-0.3, -0.25) is 9.79 Å². The summed E-state index contributed by atoms with van der Waals surface area (Å²) in [7, 11) is 1.63. The standard InChI is InChI=1S/C32H42Cl2N2O3/c1-20(2)7-16-28(21-8-10-22(11-9-21)31(38)39)36(27-14-12-24(13-15-27)32(3,4)5)30(37)29(35-6)23-17-25(33)19-26(34)18-23/h8-11,17-20,24,27-28H,7,12-16H2,1-6H3,(H,38,39). The third kappa shape index (κ3) is 8.08. The topological polar surface area (TPSA) is 70.0 Å². The number of halogens is 2. The Morgan fingerprint density at radius 3 is 1.97 bits per heavy atom. The van der Waals surface area contributed by atoms with Crippen LogP contribution < -0.4 is 0 Å². The number of carbonyl (C=O) groups is 2. The first kappa shape index (κ1) is 31.2. The maximum absolute atomic E-state index is 14.5. The van der Waals surface area contributed by atoms with E-state index in [0.717, 1.165) is 44.1 Å². The zero-order valence-corrected chi connectivity index (χ0v) is 25.5. The second-order valence-corrected chi connectivity index (χ2v) is 13.1. The number of amides is 1. The molecular weight excluding hydrogens is 531 g/mol. The smallest absolute Gasteiger partial charge is 0.335 e. The molecule has 0 aromatic heterocycles. The van der Waals surface area contributed by atoms with Crippen LogP contribution in [0.5, 0.6) is 0 Å². The molecule has 1 aliphatic carbocycles. The van der Waals surface area contributed by atoms with Gasteiger partial charge in [0.15, 0.2) is 0 Å². The Morgan fingerprint density at radius 2 is 1.51 bits per heavy atom. The third-order valence-corrected chi connectivity index (χ3v) is 8.44. The van der Waals surface area contributed by atoms with Crippen molar-refractivity contribution in [1.82, 2.24) is 4.90 Å². The van der Waals surface area contributed by atoms with Gasteiger partial charge in [0.05, 0.1) is 11.6 Å². The Labute approximate surface area is 243 Å². The molecule has 1 N–H and O–H groups in total. The van der Waals surface area contributed by atoms with E-state index in [1.165, 1.54) is 0 Å². The van der Waals surface area contributed by atoms with Crippen LogP contribution in [0.4, 0.5) is 0 Å². The minimum atomic E-state index is -0.966. The lowest BCUT2D eigenvalue weighted by Crippen LogP contribution is -2.48. The molecule has 0 aliphatic heterocycles. The van der Waals surface area contributed by atoms with Gasteiger partial charge in [0.1, 0.15) is 5.71 Å². The van der Waals surface area contributed by atoms with Gasteiger partial charge < -0.3 is 10.0 Å². The van der Waals surface area contributed by atoms with Crippen LogP contribution in [0.15, 0.2) is 47.5 Å². The van der Waals surface area contributed by atoms with E-state index >= 15 is 0 Å². The highest BCUT2D eigenvalue weighted by Crippen LogP contribution is 2.42. The van der Waals surface area contributed by atoms with Crippen LogP contribution in [0.25, 0.3) is 0 Å². The molecule has 0 bridgehead atoms. The lowest BCUT2D eigenvalue weighted by Gasteiger charge is -2.44. The summed E-state index contributed by atoms with van der Waals surface area (Å²) in [5.41, 5.74) is 2.31. The molecule has 1 unspecified atom stereocenters. The quantitative estimate of drug-likeness (QED) is 0.305. The number of carbonyl (C=O) groups excluding carboxylic acids is 1. The minimum absolute atomic E-state index is 0.0406. The molecule has 0 spiro atoms.